The number of hydrogen-bond donors (Lipinski definition) is 1. The van der Waals surface area contributed by atoms with Gasteiger partial charge in [0.25, 0.3) is 0 Å². The van der Waals surface area contributed by atoms with Gasteiger partial charge in [-0.05, 0) is 11.6 Å². The van der Waals surface area contributed by atoms with E-state index in [-0.39, 0.29) is 23.8 Å². The monoisotopic (exact) mass is 270 g/mol. The molecule has 1 aliphatic heterocycles. The van der Waals surface area contributed by atoms with Crippen LogP contribution in [0.25, 0.3) is 6.08 Å². The zero-order valence-corrected chi connectivity index (χ0v) is 11.0. The number of nitrogens with zero attached hydrogens (tertiary/aromatic N) is 1. The fraction of sp³-hybridized carbons (Fsp3) is 0.308. The van der Waals surface area contributed by atoms with Gasteiger partial charge in [0.15, 0.2) is 0 Å². The average molecular weight is 271 g/mol. The second-order valence-electron chi connectivity index (χ2n) is 3.82. The first-order chi connectivity index (χ1) is 7.86. The van der Waals surface area contributed by atoms with Crippen LogP contribution in [-0.4, -0.2) is 42.5 Å². The zero-order valence-electron chi connectivity index (χ0n) is 10.1. The molecule has 3 N–H and O–H groups in total. The van der Waals surface area contributed by atoms with Crippen LogP contribution in [0.2, 0.25) is 0 Å². The van der Waals surface area contributed by atoms with E-state index in [2.05, 4.69) is 5.32 Å². The first kappa shape index (κ1) is 16.6. The second-order valence-corrected chi connectivity index (χ2v) is 3.82. The molecular formula is C13H19ClN2O2. The highest BCUT2D eigenvalue weighted by Gasteiger charge is 2.12. The minimum atomic E-state index is 0. The molecule has 100 valence electrons. The molecule has 1 aromatic carbocycles. The Hall–Kier alpha value is -1.36. The van der Waals surface area contributed by atoms with Crippen molar-refractivity contribution in [2.24, 2.45) is 0 Å². The number of rotatable bonds is 2. The Morgan fingerprint density at radius 2 is 1.78 bits per heavy atom. The van der Waals surface area contributed by atoms with Crippen molar-refractivity contribution in [1.82, 2.24) is 10.2 Å². The molecule has 0 spiro atoms. The van der Waals surface area contributed by atoms with Gasteiger partial charge in [0, 0.05) is 32.3 Å². The van der Waals surface area contributed by atoms with Crippen LogP contribution >= 0.6 is 12.4 Å². The molecule has 18 heavy (non-hydrogen) atoms. The van der Waals surface area contributed by atoms with Gasteiger partial charge < -0.3 is 15.7 Å². The SMILES string of the molecule is Cl.O.O=C(C=Cc1ccccc1)N1CCNCC1. The lowest BCUT2D eigenvalue weighted by molar-refractivity contribution is -0.126. The summed E-state index contributed by atoms with van der Waals surface area (Å²) in [6.07, 6.45) is 3.52. The quantitative estimate of drug-likeness (QED) is 0.805. The third kappa shape index (κ3) is 4.87. The van der Waals surface area contributed by atoms with Crippen molar-refractivity contribution in [3.05, 3.63) is 42.0 Å². The summed E-state index contributed by atoms with van der Waals surface area (Å²) < 4.78 is 0. The minimum absolute atomic E-state index is 0. The maximum Gasteiger partial charge on any atom is 0.246 e. The van der Waals surface area contributed by atoms with Gasteiger partial charge in [0.1, 0.15) is 0 Å². The smallest absolute Gasteiger partial charge is 0.246 e. The van der Waals surface area contributed by atoms with E-state index in [1.54, 1.807) is 6.08 Å². The molecule has 0 atom stereocenters. The fourth-order valence-electron chi connectivity index (χ4n) is 1.72. The van der Waals surface area contributed by atoms with Crippen molar-refractivity contribution < 1.29 is 10.3 Å². The average Bonchev–Trinajstić information content (AvgIpc) is 2.38. The molecule has 0 bridgehead atoms. The molecule has 1 fully saturated rings. The molecule has 5 heteroatoms. The lowest BCUT2D eigenvalue weighted by atomic mass is 10.2. The predicted octanol–water partition coefficient (Wildman–Crippen LogP) is 0.729. The third-order valence-corrected chi connectivity index (χ3v) is 2.65. The van der Waals surface area contributed by atoms with Crippen LogP contribution in [-0.2, 0) is 4.79 Å². The van der Waals surface area contributed by atoms with E-state index in [9.17, 15) is 4.79 Å². The molecule has 2 rings (SSSR count). The highest BCUT2D eigenvalue weighted by Crippen LogP contribution is 2.02. The van der Waals surface area contributed by atoms with E-state index < -0.39 is 0 Å². The van der Waals surface area contributed by atoms with Gasteiger partial charge in [-0.25, -0.2) is 0 Å². The van der Waals surface area contributed by atoms with Crippen LogP contribution in [0.1, 0.15) is 5.56 Å². The number of nitrogens with one attached hydrogen (secondary N) is 1. The highest BCUT2D eigenvalue weighted by molar-refractivity contribution is 5.91. The molecule has 4 nitrogen and oxygen atoms in total. The second kappa shape index (κ2) is 8.69. The molecule has 1 aromatic rings. The first-order valence-corrected chi connectivity index (χ1v) is 5.59. The van der Waals surface area contributed by atoms with Gasteiger partial charge in [0.05, 0.1) is 0 Å². The Labute approximate surface area is 113 Å². The van der Waals surface area contributed by atoms with E-state index in [1.807, 2.05) is 41.3 Å². The van der Waals surface area contributed by atoms with Crippen LogP contribution < -0.4 is 5.32 Å². The number of hydrogen-bond acceptors (Lipinski definition) is 2. The molecule has 1 saturated heterocycles. The third-order valence-electron chi connectivity index (χ3n) is 2.65. The summed E-state index contributed by atoms with van der Waals surface area (Å²) >= 11 is 0. The molecule has 0 aromatic heterocycles. The standard InChI is InChI=1S/C13H16N2O.ClH.H2O/c16-13(15-10-8-14-9-11-15)7-6-12-4-2-1-3-5-12;;/h1-7,14H,8-11H2;1H;1H2. The number of carbonyl (C=O) groups is 1. The Morgan fingerprint density at radius 3 is 2.39 bits per heavy atom. The number of piperazine rings is 1. The summed E-state index contributed by atoms with van der Waals surface area (Å²) in [5.74, 6) is 0.102. The Morgan fingerprint density at radius 1 is 1.17 bits per heavy atom. The number of halogens is 1. The largest absolute Gasteiger partial charge is 0.412 e. The predicted molar refractivity (Wildman–Crippen MR) is 75.8 cm³/mol. The van der Waals surface area contributed by atoms with E-state index in [4.69, 9.17) is 0 Å². The Bertz CT molecular complexity index is 376. The van der Waals surface area contributed by atoms with E-state index in [1.165, 1.54) is 0 Å². The zero-order chi connectivity index (χ0) is 11.2. The molecule has 1 amide bonds. The molecule has 0 aliphatic carbocycles. The molecule has 1 heterocycles. The molecular weight excluding hydrogens is 252 g/mol. The normalized spacial score (nSPS) is 14.8. The molecule has 1 aliphatic rings. The van der Waals surface area contributed by atoms with Crippen molar-refractivity contribution in [3.63, 3.8) is 0 Å². The van der Waals surface area contributed by atoms with Crippen LogP contribution in [0.5, 0.6) is 0 Å². The van der Waals surface area contributed by atoms with Crippen LogP contribution in [0, 0.1) is 0 Å². The summed E-state index contributed by atoms with van der Waals surface area (Å²) in [5.41, 5.74) is 1.06. The highest BCUT2D eigenvalue weighted by atomic mass is 35.5. The van der Waals surface area contributed by atoms with Crippen LogP contribution in [0.3, 0.4) is 0 Å². The van der Waals surface area contributed by atoms with Crippen molar-refractivity contribution >= 4 is 24.4 Å². The van der Waals surface area contributed by atoms with E-state index in [0.717, 1.165) is 31.7 Å². The lowest BCUT2D eigenvalue weighted by Gasteiger charge is -2.26. The van der Waals surface area contributed by atoms with Gasteiger partial charge >= 0.3 is 0 Å². The summed E-state index contributed by atoms with van der Waals surface area (Å²) in [6, 6.07) is 9.88. The summed E-state index contributed by atoms with van der Waals surface area (Å²) in [6.45, 7) is 3.39. The van der Waals surface area contributed by atoms with Gasteiger partial charge in [-0.1, -0.05) is 30.3 Å². The van der Waals surface area contributed by atoms with E-state index >= 15 is 0 Å². The summed E-state index contributed by atoms with van der Waals surface area (Å²) in [7, 11) is 0. The topological polar surface area (TPSA) is 63.8 Å². The van der Waals surface area contributed by atoms with Crippen molar-refractivity contribution in [1.29, 1.82) is 0 Å². The maximum atomic E-state index is 11.8. The number of benzene rings is 1. The molecule has 0 radical (unpaired) electrons. The molecule has 0 unspecified atom stereocenters. The van der Waals surface area contributed by atoms with Crippen LogP contribution in [0.15, 0.2) is 36.4 Å². The Kier molecular flexibility index (Phi) is 8.03. The van der Waals surface area contributed by atoms with Crippen molar-refractivity contribution in [2.45, 2.75) is 0 Å². The molecule has 0 saturated carbocycles. The maximum absolute atomic E-state index is 11.8. The van der Waals surface area contributed by atoms with Gasteiger partial charge in [-0.3, -0.25) is 4.79 Å². The lowest BCUT2D eigenvalue weighted by Crippen LogP contribution is -2.45. The number of amides is 1. The van der Waals surface area contributed by atoms with Gasteiger partial charge in [-0.2, -0.15) is 0 Å². The van der Waals surface area contributed by atoms with Gasteiger partial charge in [0.2, 0.25) is 5.91 Å². The fourth-order valence-corrected chi connectivity index (χ4v) is 1.72. The summed E-state index contributed by atoms with van der Waals surface area (Å²) in [4.78, 5) is 13.7. The number of carbonyl (C=O) groups excluding carboxylic acids is 1. The van der Waals surface area contributed by atoms with Crippen molar-refractivity contribution in [3.8, 4) is 0 Å². The van der Waals surface area contributed by atoms with E-state index in [0.29, 0.717) is 0 Å². The van der Waals surface area contributed by atoms with Crippen LogP contribution in [0.4, 0.5) is 0 Å². The van der Waals surface area contributed by atoms with Crippen molar-refractivity contribution in [2.75, 3.05) is 26.2 Å². The van der Waals surface area contributed by atoms with Gasteiger partial charge in [-0.15, -0.1) is 12.4 Å². The summed E-state index contributed by atoms with van der Waals surface area (Å²) in [5, 5.41) is 3.23. The minimum Gasteiger partial charge on any atom is -0.412 e. The Balaban J connectivity index is 0.00000144. The first-order valence-electron chi connectivity index (χ1n) is 5.59.